The van der Waals surface area contributed by atoms with Gasteiger partial charge in [-0.25, -0.2) is 0 Å². The molecule has 0 saturated heterocycles. The van der Waals surface area contributed by atoms with Crippen LogP contribution in [0.2, 0.25) is 0 Å². The van der Waals surface area contributed by atoms with E-state index in [1.807, 2.05) is 30.3 Å². The number of amides is 2. The first-order chi connectivity index (χ1) is 12.2. The molecule has 126 valence electrons. The number of anilines is 1. The van der Waals surface area contributed by atoms with Crippen molar-refractivity contribution < 1.29 is 18.7 Å². The Hall–Kier alpha value is -3.28. The van der Waals surface area contributed by atoms with Crippen LogP contribution >= 0.6 is 0 Å². The molecule has 1 aliphatic heterocycles. The van der Waals surface area contributed by atoms with Gasteiger partial charge in [0.15, 0.2) is 11.9 Å². The average molecular weight is 336 g/mol. The predicted octanol–water partition coefficient (Wildman–Crippen LogP) is 2.59. The van der Waals surface area contributed by atoms with Crippen LogP contribution in [-0.2, 0) is 4.79 Å². The lowest BCUT2D eigenvalue weighted by Crippen LogP contribution is -2.50. The van der Waals surface area contributed by atoms with Gasteiger partial charge in [0.2, 0.25) is 0 Å². The summed E-state index contributed by atoms with van der Waals surface area (Å²) < 4.78 is 11.4. The molecular weight excluding hydrogens is 320 g/mol. The Kier molecular flexibility index (Phi) is 3.65. The summed E-state index contributed by atoms with van der Waals surface area (Å²) in [7, 11) is 1.54. The van der Waals surface area contributed by atoms with E-state index < -0.39 is 6.10 Å². The minimum absolute atomic E-state index is 0.118. The smallest absolute Gasteiger partial charge is 0.294 e. The molecule has 0 spiro atoms. The van der Waals surface area contributed by atoms with E-state index in [4.69, 9.17) is 9.15 Å². The van der Waals surface area contributed by atoms with Crippen LogP contribution in [0.5, 0.6) is 5.75 Å². The van der Waals surface area contributed by atoms with E-state index in [1.54, 1.807) is 24.3 Å². The van der Waals surface area contributed by atoms with Crippen LogP contribution < -0.4 is 15.0 Å². The minimum atomic E-state index is -0.770. The molecule has 1 unspecified atom stereocenters. The van der Waals surface area contributed by atoms with E-state index in [0.717, 1.165) is 5.39 Å². The highest BCUT2D eigenvalue weighted by molar-refractivity contribution is 6.08. The third kappa shape index (κ3) is 2.61. The third-order valence-corrected chi connectivity index (χ3v) is 4.19. The lowest BCUT2D eigenvalue weighted by molar-refractivity contribution is -0.127. The van der Waals surface area contributed by atoms with Crippen molar-refractivity contribution in [1.82, 2.24) is 5.32 Å². The molecule has 6 nitrogen and oxygen atoms in total. The number of carbonyl (C=O) groups excluding carboxylic acids is 2. The van der Waals surface area contributed by atoms with Crippen LogP contribution in [0.4, 0.5) is 5.69 Å². The van der Waals surface area contributed by atoms with Crippen molar-refractivity contribution >= 4 is 28.5 Å². The molecule has 2 amide bonds. The van der Waals surface area contributed by atoms with Crippen LogP contribution in [0.1, 0.15) is 10.6 Å². The van der Waals surface area contributed by atoms with E-state index in [9.17, 15) is 9.59 Å². The maximum atomic E-state index is 13.0. The molecule has 6 heteroatoms. The highest BCUT2D eigenvalue weighted by Crippen LogP contribution is 2.34. The van der Waals surface area contributed by atoms with Crippen molar-refractivity contribution in [3.63, 3.8) is 0 Å². The van der Waals surface area contributed by atoms with E-state index >= 15 is 0 Å². The maximum absolute atomic E-state index is 13.0. The number of fused-ring (bicyclic) bond motifs is 2. The molecule has 1 aromatic heterocycles. The van der Waals surface area contributed by atoms with Gasteiger partial charge in [-0.3, -0.25) is 14.5 Å². The summed E-state index contributed by atoms with van der Waals surface area (Å²) in [5.41, 5.74) is 1.27. The number of para-hydroxylation sites is 3. The Balaban J connectivity index is 1.74. The van der Waals surface area contributed by atoms with Gasteiger partial charge in [0, 0.05) is 12.4 Å². The molecule has 25 heavy (non-hydrogen) atoms. The van der Waals surface area contributed by atoms with Gasteiger partial charge < -0.3 is 14.5 Å². The highest BCUT2D eigenvalue weighted by atomic mass is 16.5. The molecule has 0 bridgehead atoms. The molecule has 0 fully saturated rings. The van der Waals surface area contributed by atoms with Gasteiger partial charge in [0.25, 0.3) is 11.8 Å². The number of likely N-dealkylation sites (N-methyl/N-ethyl adjacent to an activating group) is 1. The molecule has 0 radical (unpaired) electrons. The Bertz CT molecular complexity index is 930. The molecule has 2 aromatic carbocycles. The van der Waals surface area contributed by atoms with Gasteiger partial charge in [-0.2, -0.15) is 0 Å². The molecule has 1 N–H and O–H groups in total. The Labute approximate surface area is 144 Å². The summed E-state index contributed by atoms with van der Waals surface area (Å²) in [4.78, 5) is 26.6. The maximum Gasteiger partial charge on any atom is 0.294 e. The van der Waals surface area contributed by atoms with E-state index in [2.05, 4.69) is 5.32 Å². The lowest BCUT2D eigenvalue weighted by atomic mass is 10.1. The summed E-state index contributed by atoms with van der Waals surface area (Å²) in [6.45, 7) is 0.118. The number of carbonyl (C=O) groups is 2. The second-order valence-corrected chi connectivity index (χ2v) is 5.75. The Morgan fingerprint density at radius 3 is 2.68 bits per heavy atom. The van der Waals surface area contributed by atoms with Gasteiger partial charge in [0.1, 0.15) is 11.3 Å². The van der Waals surface area contributed by atoms with E-state index in [1.165, 1.54) is 11.9 Å². The number of nitrogens with zero attached hydrogens (tertiary/aromatic N) is 1. The quantitative estimate of drug-likeness (QED) is 0.781. The lowest BCUT2D eigenvalue weighted by Gasteiger charge is -2.33. The zero-order valence-electron chi connectivity index (χ0n) is 13.6. The number of hydrogen-bond donors (Lipinski definition) is 1. The molecule has 2 heterocycles. The summed E-state index contributed by atoms with van der Waals surface area (Å²) in [6, 6.07) is 16.3. The van der Waals surface area contributed by atoms with Gasteiger partial charge in [0.05, 0.1) is 12.2 Å². The normalized spacial score (nSPS) is 16.2. The average Bonchev–Trinajstić information content (AvgIpc) is 3.10. The first-order valence-corrected chi connectivity index (χ1v) is 7.95. The van der Waals surface area contributed by atoms with Gasteiger partial charge >= 0.3 is 0 Å². The fourth-order valence-corrected chi connectivity index (χ4v) is 2.94. The highest BCUT2D eigenvalue weighted by Gasteiger charge is 2.34. The summed E-state index contributed by atoms with van der Waals surface area (Å²) in [6.07, 6.45) is -0.770. The van der Waals surface area contributed by atoms with Crippen LogP contribution in [0.15, 0.2) is 59.0 Å². The SMILES string of the molecule is CNC(=O)C1CN(C(=O)c2cc3ccccc3o2)c2ccccc2O1. The standard InChI is InChI=1S/C19H16N2O4/c1-20-18(22)17-11-21(13-7-3-5-9-15(13)25-17)19(23)16-10-12-6-2-4-8-14(12)24-16/h2-10,17H,11H2,1H3,(H,20,22). The monoisotopic (exact) mass is 336 g/mol. The second kappa shape index (κ2) is 5.98. The zero-order chi connectivity index (χ0) is 17.4. The predicted molar refractivity (Wildman–Crippen MR) is 92.8 cm³/mol. The first kappa shape index (κ1) is 15.3. The van der Waals surface area contributed by atoms with Crippen molar-refractivity contribution in [2.75, 3.05) is 18.5 Å². The van der Waals surface area contributed by atoms with Crippen LogP contribution in [0.3, 0.4) is 0 Å². The molecular formula is C19H16N2O4. The topological polar surface area (TPSA) is 71.8 Å². The van der Waals surface area contributed by atoms with Crippen LogP contribution in [-0.4, -0.2) is 31.5 Å². The first-order valence-electron chi connectivity index (χ1n) is 7.95. The van der Waals surface area contributed by atoms with Crippen molar-refractivity contribution in [3.05, 3.63) is 60.4 Å². The van der Waals surface area contributed by atoms with Gasteiger partial charge in [-0.05, 0) is 24.3 Å². The molecule has 0 saturated carbocycles. The number of benzene rings is 2. The van der Waals surface area contributed by atoms with Crippen molar-refractivity contribution in [3.8, 4) is 5.75 Å². The number of nitrogens with one attached hydrogen (secondary N) is 1. The summed E-state index contributed by atoms with van der Waals surface area (Å²) >= 11 is 0. The molecule has 1 atom stereocenters. The number of furan rings is 1. The summed E-state index contributed by atoms with van der Waals surface area (Å²) in [5, 5.41) is 3.42. The number of rotatable bonds is 2. The minimum Gasteiger partial charge on any atom is -0.477 e. The molecule has 0 aliphatic carbocycles. The summed E-state index contributed by atoms with van der Waals surface area (Å²) in [5.74, 6) is 0.137. The zero-order valence-corrected chi connectivity index (χ0v) is 13.6. The van der Waals surface area contributed by atoms with Crippen molar-refractivity contribution in [2.45, 2.75) is 6.10 Å². The molecule has 1 aliphatic rings. The Morgan fingerprint density at radius 1 is 1.12 bits per heavy atom. The largest absolute Gasteiger partial charge is 0.477 e. The van der Waals surface area contributed by atoms with Crippen LogP contribution in [0.25, 0.3) is 11.0 Å². The Morgan fingerprint density at radius 2 is 1.88 bits per heavy atom. The van der Waals surface area contributed by atoms with Crippen LogP contribution in [0, 0.1) is 0 Å². The van der Waals surface area contributed by atoms with Gasteiger partial charge in [-0.15, -0.1) is 0 Å². The van der Waals surface area contributed by atoms with E-state index in [0.29, 0.717) is 17.0 Å². The fraction of sp³-hybridized carbons (Fsp3) is 0.158. The second-order valence-electron chi connectivity index (χ2n) is 5.75. The third-order valence-electron chi connectivity index (χ3n) is 4.19. The van der Waals surface area contributed by atoms with Gasteiger partial charge in [-0.1, -0.05) is 30.3 Å². The van der Waals surface area contributed by atoms with Crippen molar-refractivity contribution in [1.29, 1.82) is 0 Å². The van der Waals surface area contributed by atoms with E-state index in [-0.39, 0.29) is 24.1 Å². The molecule has 3 aromatic rings. The number of hydrogen-bond acceptors (Lipinski definition) is 4. The fourth-order valence-electron chi connectivity index (χ4n) is 2.94. The number of ether oxygens (including phenoxy) is 1. The molecule has 4 rings (SSSR count). The van der Waals surface area contributed by atoms with Crippen molar-refractivity contribution in [2.24, 2.45) is 0 Å².